The fourth-order valence-electron chi connectivity index (χ4n) is 2.48. The first kappa shape index (κ1) is 22.5. The number of rotatable bonds is 6. The smallest absolute Gasteiger partial charge is 0.329 e. The molecule has 0 aromatic carbocycles. The molecule has 0 aliphatic carbocycles. The van der Waals surface area contributed by atoms with Crippen LogP contribution in [0, 0.1) is 3.57 Å². The molecule has 0 spiro atoms. The molecule has 2 rings (SSSR count). The van der Waals surface area contributed by atoms with E-state index in [1.165, 1.54) is 4.57 Å². The number of nitrogens with one attached hydrogen (secondary N) is 1. The highest BCUT2D eigenvalue weighted by Gasteiger charge is 2.39. The van der Waals surface area contributed by atoms with Gasteiger partial charge in [-0.3, -0.25) is 14.3 Å². The van der Waals surface area contributed by atoms with Gasteiger partial charge in [0.15, 0.2) is 14.6 Å². The third-order valence-corrected chi connectivity index (χ3v) is 10.4. The van der Waals surface area contributed by atoms with Crippen molar-refractivity contribution >= 4 is 30.9 Å². The van der Waals surface area contributed by atoms with Crippen molar-refractivity contribution in [2.24, 2.45) is 0 Å². The van der Waals surface area contributed by atoms with Gasteiger partial charge in [-0.25, -0.2) is 4.79 Å². The van der Waals surface area contributed by atoms with Crippen LogP contribution in [-0.2, 0) is 13.9 Å². The van der Waals surface area contributed by atoms with Crippen molar-refractivity contribution in [3.63, 3.8) is 0 Å². The summed E-state index contributed by atoms with van der Waals surface area (Å²) < 4.78 is 19.9. The summed E-state index contributed by atoms with van der Waals surface area (Å²) in [4.78, 5) is 26.4. The topological polar surface area (TPSA) is 82.6 Å². The number of hydrogen-bond acceptors (Lipinski definition) is 5. The highest BCUT2D eigenvalue weighted by Crippen LogP contribution is 2.37. The molecule has 0 saturated carbocycles. The molecule has 0 radical (unpaired) electrons. The Balaban J connectivity index is 2.33. The lowest BCUT2D eigenvalue weighted by Crippen LogP contribution is -2.47. The highest BCUT2D eigenvalue weighted by molar-refractivity contribution is 14.1. The van der Waals surface area contributed by atoms with Crippen molar-refractivity contribution < 1.29 is 13.9 Å². The molecule has 1 N–H and O–H groups in total. The van der Waals surface area contributed by atoms with Gasteiger partial charge in [0.05, 0.1) is 16.2 Å². The summed E-state index contributed by atoms with van der Waals surface area (Å²) >= 11 is 1.91. The zero-order valence-corrected chi connectivity index (χ0v) is 19.9. The van der Waals surface area contributed by atoms with Gasteiger partial charge in [0.25, 0.3) is 5.56 Å². The predicted molar refractivity (Wildman–Crippen MR) is 116 cm³/mol. The van der Waals surface area contributed by atoms with Crippen LogP contribution >= 0.6 is 22.6 Å². The minimum absolute atomic E-state index is 0.0660. The lowest BCUT2D eigenvalue weighted by Gasteiger charge is -2.39. The van der Waals surface area contributed by atoms with Crippen molar-refractivity contribution in [2.45, 2.75) is 64.3 Å². The van der Waals surface area contributed by atoms with Crippen molar-refractivity contribution in [1.29, 1.82) is 0 Å². The van der Waals surface area contributed by atoms with E-state index in [0.717, 1.165) is 0 Å². The fraction of sp³-hybridized carbons (Fsp3) is 0.667. The van der Waals surface area contributed by atoms with Crippen LogP contribution in [0.25, 0.3) is 0 Å². The van der Waals surface area contributed by atoms with Gasteiger partial charge in [-0.05, 0) is 53.7 Å². The summed E-state index contributed by atoms with van der Waals surface area (Å²) in [6.07, 6.45) is 4.36. The molecule has 0 amide bonds. The maximum atomic E-state index is 12.4. The Morgan fingerprint density at radius 3 is 2.56 bits per heavy atom. The Morgan fingerprint density at radius 1 is 1.30 bits per heavy atom. The van der Waals surface area contributed by atoms with Crippen LogP contribution in [0.5, 0.6) is 0 Å². The van der Waals surface area contributed by atoms with Gasteiger partial charge in [-0.1, -0.05) is 26.8 Å². The number of aromatic nitrogens is 2. The third kappa shape index (κ3) is 5.40. The minimum atomic E-state index is -1.98. The molecule has 0 fully saturated rings. The summed E-state index contributed by atoms with van der Waals surface area (Å²) in [7, 11) is -1.98. The molecule has 0 bridgehead atoms. The fourth-order valence-corrected chi connectivity index (χ4v) is 3.93. The van der Waals surface area contributed by atoms with Gasteiger partial charge in [0, 0.05) is 12.8 Å². The normalized spacial score (nSPS) is 23.6. The number of ether oxygens (including phenoxy) is 2. The first-order chi connectivity index (χ1) is 12.5. The van der Waals surface area contributed by atoms with Crippen LogP contribution in [0.4, 0.5) is 0 Å². The molecule has 1 aromatic rings. The van der Waals surface area contributed by atoms with E-state index in [1.807, 2.05) is 35.6 Å². The van der Waals surface area contributed by atoms with Gasteiger partial charge < -0.3 is 13.9 Å². The first-order valence-corrected chi connectivity index (χ1v) is 13.1. The largest absolute Gasteiger partial charge is 0.414 e. The lowest BCUT2D eigenvalue weighted by atomic mass is 10.1. The Morgan fingerprint density at radius 2 is 1.96 bits per heavy atom. The van der Waals surface area contributed by atoms with Crippen molar-refractivity contribution in [3.8, 4) is 0 Å². The molecule has 3 atom stereocenters. The quantitative estimate of drug-likeness (QED) is 0.363. The summed E-state index contributed by atoms with van der Waals surface area (Å²) in [5.41, 5.74) is -0.857. The van der Waals surface area contributed by atoms with Crippen LogP contribution in [0.15, 0.2) is 27.9 Å². The zero-order valence-electron chi connectivity index (χ0n) is 16.7. The van der Waals surface area contributed by atoms with E-state index in [0.29, 0.717) is 16.8 Å². The molecule has 2 unspecified atom stereocenters. The van der Waals surface area contributed by atoms with Crippen LogP contribution in [-0.4, -0.2) is 43.5 Å². The number of nitrogens with zero attached hydrogens (tertiary/aromatic N) is 1. The molecule has 1 aliphatic heterocycles. The van der Waals surface area contributed by atoms with Gasteiger partial charge in [0.2, 0.25) is 0 Å². The van der Waals surface area contributed by atoms with E-state index in [1.54, 1.807) is 12.3 Å². The molecular weight excluding hydrogens is 479 g/mol. The number of halogens is 1. The number of H-pyrrole nitrogens is 1. The SMILES string of the molecule is CCOC1C=CC(n2cc(I)c(=O)[nH]c2=O)[C@@H](CO[Si](C)(C)C(C)(C)C)O1. The second-order valence-electron chi connectivity index (χ2n) is 8.09. The standard InChI is InChI=1S/C18H29IN2O5Si/c1-7-24-15-9-8-13(21-10-12(19)16(22)20-17(21)23)14(26-15)11-25-27(5,6)18(2,3)4/h8-10,13-15H,7,11H2,1-6H3,(H,20,22,23)/t13?,14-,15?/m1/s1. The summed E-state index contributed by atoms with van der Waals surface area (Å²) in [6.45, 7) is 13.6. The van der Waals surface area contributed by atoms with Crippen LogP contribution in [0.1, 0.15) is 33.7 Å². The first-order valence-electron chi connectivity index (χ1n) is 9.06. The van der Waals surface area contributed by atoms with Crippen molar-refractivity contribution in [2.75, 3.05) is 13.2 Å². The predicted octanol–water partition coefficient (Wildman–Crippen LogP) is 3.02. The highest BCUT2D eigenvalue weighted by atomic mass is 127. The van der Waals surface area contributed by atoms with Crippen LogP contribution in [0.2, 0.25) is 18.1 Å². The monoisotopic (exact) mass is 508 g/mol. The second-order valence-corrected chi connectivity index (χ2v) is 14.1. The summed E-state index contributed by atoms with van der Waals surface area (Å²) in [6, 6.07) is -0.385. The molecule has 1 aliphatic rings. The van der Waals surface area contributed by atoms with E-state index in [2.05, 4.69) is 38.8 Å². The van der Waals surface area contributed by atoms with Gasteiger partial charge >= 0.3 is 5.69 Å². The summed E-state index contributed by atoms with van der Waals surface area (Å²) in [5.74, 6) is 0. The number of hydrogen-bond donors (Lipinski definition) is 1. The minimum Gasteiger partial charge on any atom is -0.414 e. The molecule has 152 valence electrons. The van der Waals surface area contributed by atoms with E-state index >= 15 is 0 Å². The van der Waals surface area contributed by atoms with Crippen LogP contribution in [0.3, 0.4) is 0 Å². The Kier molecular flexibility index (Phi) is 7.28. The van der Waals surface area contributed by atoms with Gasteiger partial charge in [0.1, 0.15) is 6.10 Å². The maximum absolute atomic E-state index is 12.4. The van der Waals surface area contributed by atoms with E-state index in [9.17, 15) is 9.59 Å². The molecule has 2 heterocycles. The van der Waals surface area contributed by atoms with E-state index < -0.39 is 26.4 Å². The van der Waals surface area contributed by atoms with Gasteiger partial charge in [-0.2, -0.15) is 0 Å². The molecule has 0 saturated heterocycles. The second kappa shape index (κ2) is 8.72. The Labute approximate surface area is 174 Å². The Bertz CT molecular complexity index is 796. The molecular formula is C18H29IN2O5Si. The lowest BCUT2D eigenvalue weighted by molar-refractivity contribution is -0.163. The number of aromatic amines is 1. The van der Waals surface area contributed by atoms with E-state index in [-0.39, 0.29) is 16.6 Å². The maximum Gasteiger partial charge on any atom is 0.329 e. The molecule has 7 nitrogen and oxygen atoms in total. The average Bonchev–Trinajstić information content (AvgIpc) is 2.56. The third-order valence-electron chi connectivity index (χ3n) is 5.15. The summed E-state index contributed by atoms with van der Waals surface area (Å²) in [5, 5.41) is 0.0660. The van der Waals surface area contributed by atoms with Crippen molar-refractivity contribution in [1.82, 2.24) is 9.55 Å². The molecule has 9 heteroatoms. The van der Waals surface area contributed by atoms with Gasteiger partial charge in [-0.15, -0.1) is 0 Å². The zero-order chi connectivity index (χ0) is 20.4. The Hall–Kier alpha value is -0.753. The average molecular weight is 508 g/mol. The van der Waals surface area contributed by atoms with Crippen LogP contribution < -0.4 is 11.2 Å². The molecule has 1 aromatic heterocycles. The van der Waals surface area contributed by atoms with Crippen molar-refractivity contribution in [3.05, 3.63) is 42.8 Å². The van der Waals surface area contributed by atoms with E-state index in [4.69, 9.17) is 13.9 Å². The molecule has 27 heavy (non-hydrogen) atoms.